The van der Waals surface area contributed by atoms with Crippen molar-refractivity contribution in [1.82, 2.24) is 9.27 Å². The fourth-order valence-corrected chi connectivity index (χ4v) is 2.85. The van der Waals surface area contributed by atoms with Gasteiger partial charge in [0.2, 0.25) is 0 Å². The molecule has 0 spiro atoms. The first kappa shape index (κ1) is 14.6. The Morgan fingerprint density at radius 1 is 1.40 bits per heavy atom. The van der Waals surface area contributed by atoms with Crippen LogP contribution in [0.4, 0.5) is 4.79 Å². The summed E-state index contributed by atoms with van der Waals surface area (Å²) in [5, 5.41) is 3.39. The molecule has 1 aromatic carbocycles. The topological polar surface area (TPSA) is 60.3 Å². The second-order valence-electron chi connectivity index (χ2n) is 4.78. The summed E-state index contributed by atoms with van der Waals surface area (Å²) >= 11 is 1.44. The van der Waals surface area contributed by atoms with Gasteiger partial charge in [0.05, 0.1) is 16.7 Å². The van der Waals surface area contributed by atoms with E-state index in [0.717, 1.165) is 10.1 Å². The zero-order chi connectivity index (χ0) is 14.5. The van der Waals surface area contributed by atoms with E-state index in [0.29, 0.717) is 19.6 Å². The van der Waals surface area contributed by atoms with Gasteiger partial charge in [0.25, 0.3) is 5.56 Å². The molecule has 0 saturated heterocycles. The number of fused-ring (bicyclic) bond motifs is 1. The molecule has 108 valence electrons. The molecule has 6 heteroatoms. The zero-order valence-corrected chi connectivity index (χ0v) is 12.4. The molecule has 2 aromatic rings. The molecule has 1 aromatic heterocycles. The Morgan fingerprint density at radius 3 is 2.85 bits per heavy atom. The third-order valence-electron chi connectivity index (χ3n) is 2.70. The SMILES string of the molecule is CC(C)NC(=O)OCCCn1sc2ccccc2c1=O. The number of amides is 1. The van der Waals surface area contributed by atoms with Crippen LogP contribution >= 0.6 is 11.5 Å². The van der Waals surface area contributed by atoms with Gasteiger partial charge in [-0.15, -0.1) is 0 Å². The first-order valence-corrected chi connectivity index (χ1v) is 7.37. The molecular weight excluding hydrogens is 276 g/mol. The predicted molar refractivity (Wildman–Crippen MR) is 80.3 cm³/mol. The van der Waals surface area contributed by atoms with Crippen LogP contribution in [-0.4, -0.2) is 22.7 Å². The van der Waals surface area contributed by atoms with Gasteiger partial charge >= 0.3 is 6.09 Å². The highest BCUT2D eigenvalue weighted by Crippen LogP contribution is 2.15. The van der Waals surface area contributed by atoms with Gasteiger partial charge in [-0.1, -0.05) is 23.7 Å². The van der Waals surface area contributed by atoms with E-state index in [1.165, 1.54) is 11.5 Å². The minimum Gasteiger partial charge on any atom is -0.449 e. The minimum atomic E-state index is -0.413. The molecule has 0 aliphatic carbocycles. The van der Waals surface area contributed by atoms with Crippen LogP contribution in [0.3, 0.4) is 0 Å². The highest BCUT2D eigenvalue weighted by Gasteiger charge is 2.07. The maximum atomic E-state index is 12.1. The van der Waals surface area contributed by atoms with E-state index in [1.54, 1.807) is 3.96 Å². The van der Waals surface area contributed by atoms with Gasteiger partial charge < -0.3 is 10.1 Å². The zero-order valence-electron chi connectivity index (χ0n) is 11.6. The van der Waals surface area contributed by atoms with Gasteiger partial charge in [0.15, 0.2) is 0 Å². The number of nitrogens with zero attached hydrogens (tertiary/aromatic N) is 1. The van der Waals surface area contributed by atoms with E-state index in [1.807, 2.05) is 38.1 Å². The Labute approximate surface area is 121 Å². The number of hydrogen-bond donors (Lipinski definition) is 1. The van der Waals surface area contributed by atoms with Crippen molar-refractivity contribution in [2.45, 2.75) is 32.9 Å². The number of alkyl carbamates (subject to hydrolysis) is 1. The lowest BCUT2D eigenvalue weighted by Crippen LogP contribution is -2.31. The Balaban J connectivity index is 1.86. The summed E-state index contributed by atoms with van der Waals surface area (Å²) in [5.74, 6) is 0. The predicted octanol–water partition coefficient (Wildman–Crippen LogP) is 2.59. The van der Waals surface area contributed by atoms with E-state index in [-0.39, 0.29) is 11.6 Å². The van der Waals surface area contributed by atoms with E-state index in [2.05, 4.69) is 5.32 Å². The Bertz CT molecular complexity index is 645. The van der Waals surface area contributed by atoms with Crippen LogP contribution in [0.5, 0.6) is 0 Å². The van der Waals surface area contributed by atoms with Gasteiger partial charge in [-0.05, 0) is 26.0 Å². The Hall–Kier alpha value is -1.82. The first-order chi connectivity index (χ1) is 9.58. The number of ether oxygens (including phenoxy) is 1. The second-order valence-corrected chi connectivity index (χ2v) is 5.85. The van der Waals surface area contributed by atoms with E-state index >= 15 is 0 Å². The summed E-state index contributed by atoms with van der Waals surface area (Å²) < 4.78 is 7.71. The van der Waals surface area contributed by atoms with Crippen LogP contribution in [0.15, 0.2) is 29.1 Å². The summed E-state index contributed by atoms with van der Waals surface area (Å²) in [6, 6.07) is 7.61. The molecular formula is C14H18N2O3S. The average Bonchev–Trinajstić information content (AvgIpc) is 2.71. The van der Waals surface area contributed by atoms with Crippen LogP contribution < -0.4 is 10.9 Å². The van der Waals surface area contributed by atoms with Gasteiger partial charge in [0.1, 0.15) is 0 Å². The van der Waals surface area contributed by atoms with Crippen molar-refractivity contribution < 1.29 is 9.53 Å². The number of aryl methyl sites for hydroxylation is 1. The maximum Gasteiger partial charge on any atom is 0.407 e. The number of rotatable bonds is 5. The van der Waals surface area contributed by atoms with Crippen molar-refractivity contribution in [2.24, 2.45) is 0 Å². The average molecular weight is 294 g/mol. The summed E-state index contributed by atoms with van der Waals surface area (Å²) in [5.41, 5.74) is 0.0252. The summed E-state index contributed by atoms with van der Waals surface area (Å²) in [4.78, 5) is 23.3. The van der Waals surface area contributed by atoms with Crippen LogP contribution in [0.2, 0.25) is 0 Å². The lowest BCUT2D eigenvalue weighted by molar-refractivity contribution is 0.141. The molecule has 0 fully saturated rings. The highest BCUT2D eigenvalue weighted by atomic mass is 32.1. The molecule has 0 unspecified atom stereocenters. The van der Waals surface area contributed by atoms with Gasteiger partial charge in [-0.25, -0.2) is 4.79 Å². The summed E-state index contributed by atoms with van der Waals surface area (Å²) in [7, 11) is 0. The molecule has 0 aliphatic heterocycles. The molecule has 0 atom stereocenters. The molecule has 1 N–H and O–H groups in total. The number of carbonyl (C=O) groups excluding carboxylic acids is 1. The molecule has 0 bridgehead atoms. The van der Waals surface area contributed by atoms with Crippen molar-refractivity contribution in [2.75, 3.05) is 6.61 Å². The number of benzene rings is 1. The molecule has 1 heterocycles. The molecule has 0 aliphatic rings. The Kier molecular flexibility index (Phi) is 4.79. The molecule has 0 saturated carbocycles. The monoisotopic (exact) mass is 294 g/mol. The van der Waals surface area contributed by atoms with Crippen molar-refractivity contribution >= 4 is 27.7 Å². The van der Waals surface area contributed by atoms with Crippen LogP contribution in [0, 0.1) is 0 Å². The van der Waals surface area contributed by atoms with Crippen LogP contribution in [0.1, 0.15) is 20.3 Å². The number of hydrogen-bond acceptors (Lipinski definition) is 4. The van der Waals surface area contributed by atoms with Crippen molar-refractivity contribution in [1.29, 1.82) is 0 Å². The standard InChI is InChI=1S/C14H18N2O3S/c1-10(2)15-14(18)19-9-5-8-16-13(17)11-6-3-4-7-12(11)20-16/h3-4,6-7,10H,5,8-9H2,1-2H3,(H,15,18). The van der Waals surface area contributed by atoms with E-state index in [9.17, 15) is 9.59 Å². The molecule has 2 rings (SSSR count). The molecule has 5 nitrogen and oxygen atoms in total. The van der Waals surface area contributed by atoms with Gasteiger partial charge in [-0.2, -0.15) is 0 Å². The highest BCUT2D eigenvalue weighted by molar-refractivity contribution is 7.13. The lowest BCUT2D eigenvalue weighted by Gasteiger charge is -2.09. The van der Waals surface area contributed by atoms with Crippen LogP contribution in [-0.2, 0) is 11.3 Å². The van der Waals surface area contributed by atoms with Crippen molar-refractivity contribution in [3.63, 3.8) is 0 Å². The molecule has 1 amide bonds. The fraction of sp³-hybridized carbons (Fsp3) is 0.429. The van der Waals surface area contributed by atoms with Crippen LogP contribution in [0.25, 0.3) is 10.1 Å². The maximum absolute atomic E-state index is 12.1. The van der Waals surface area contributed by atoms with Crippen molar-refractivity contribution in [3.05, 3.63) is 34.6 Å². The van der Waals surface area contributed by atoms with E-state index in [4.69, 9.17) is 4.74 Å². The van der Waals surface area contributed by atoms with Gasteiger partial charge in [-0.3, -0.25) is 8.75 Å². The Morgan fingerprint density at radius 2 is 2.15 bits per heavy atom. The summed E-state index contributed by atoms with van der Waals surface area (Å²) in [6.45, 7) is 4.61. The largest absolute Gasteiger partial charge is 0.449 e. The second kappa shape index (κ2) is 6.56. The third kappa shape index (κ3) is 3.60. The quantitative estimate of drug-likeness (QED) is 0.862. The van der Waals surface area contributed by atoms with Gasteiger partial charge in [0, 0.05) is 19.0 Å². The first-order valence-electron chi connectivity index (χ1n) is 6.60. The normalized spacial score (nSPS) is 10.9. The fourth-order valence-electron chi connectivity index (χ4n) is 1.82. The van der Waals surface area contributed by atoms with Crippen molar-refractivity contribution in [3.8, 4) is 0 Å². The molecule has 0 radical (unpaired) electrons. The number of carbonyl (C=O) groups is 1. The minimum absolute atomic E-state index is 0.0252. The number of aromatic nitrogens is 1. The molecule has 20 heavy (non-hydrogen) atoms. The third-order valence-corrected chi connectivity index (χ3v) is 3.82. The number of nitrogens with one attached hydrogen (secondary N) is 1. The summed E-state index contributed by atoms with van der Waals surface area (Å²) in [6.07, 6.45) is 0.210. The van der Waals surface area contributed by atoms with E-state index < -0.39 is 6.09 Å². The smallest absolute Gasteiger partial charge is 0.407 e. The lowest BCUT2D eigenvalue weighted by atomic mass is 10.3.